The first-order valence-electron chi connectivity index (χ1n) is 19.9. The lowest BCUT2D eigenvalue weighted by Gasteiger charge is -2.09. The summed E-state index contributed by atoms with van der Waals surface area (Å²) in [4.78, 5) is 0. The second-order valence-corrected chi connectivity index (χ2v) is 14.2. The molecule has 11 heteroatoms. The van der Waals surface area contributed by atoms with Gasteiger partial charge in [0.25, 0.3) is 0 Å². The zero-order valence-electron chi connectivity index (χ0n) is 33.3. The summed E-state index contributed by atoms with van der Waals surface area (Å²) in [6, 6.07) is 36.9. The molecule has 0 N–H and O–H groups in total. The maximum atomic E-state index is 6.28. The van der Waals surface area contributed by atoms with Crippen LogP contribution < -0.4 is 14.2 Å². The molecule has 0 atom stereocenters. The largest absolute Gasteiger partial charge is 0.497 e. The molecule has 2 heterocycles. The summed E-state index contributed by atoms with van der Waals surface area (Å²) >= 11 is 0. The molecular weight excluding hydrogens is 729 g/mol. The Morgan fingerprint density at radius 3 is 1.22 bits per heavy atom. The molecule has 0 aliphatic rings. The van der Waals surface area contributed by atoms with Crippen molar-refractivity contribution in [1.82, 2.24) is 20.4 Å². The first-order valence-corrected chi connectivity index (χ1v) is 19.9. The minimum atomic E-state index is 0.381. The van der Waals surface area contributed by atoms with Crippen molar-refractivity contribution in [2.24, 2.45) is 10.2 Å². The predicted molar refractivity (Wildman–Crippen MR) is 225 cm³/mol. The summed E-state index contributed by atoms with van der Waals surface area (Å²) in [5.74, 6) is 3.97. The first-order chi connectivity index (χ1) is 28.5. The average Bonchev–Trinajstić information content (AvgIpc) is 3.96. The van der Waals surface area contributed by atoms with E-state index in [4.69, 9.17) is 23.0 Å². The molecule has 296 valence electrons. The van der Waals surface area contributed by atoms with Crippen molar-refractivity contribution < 1.29 is 23.0 Å². The molecule has 0 saturated heterocycles. The van der Waals surface area contributed by atoms with Gasteiger partial charge >= 0.3 is 0 Å². The lowest BCUT2D eigenvalue weighted by Crippen LogP contribution is -1.98. The fourth-order valence-corrected chi connectivity index (χ4v) is 6.25. The number of methoxy groups -OCH3 is 1. The Morgan fingerprint density at radius 1 is 0.414 bits per heavy atom. The monoisotopic (exact) mass is 776 g/mol. The van der Waals surface area contributed by atoms with E-state index < -0.39 is 0 Å². The van der Waals surface area contributed by atoms with Crippen molar-refractivity contribution in [3.63, 3.8) is 0 Å². The number of nitrogens with zero attached hydrogens (tertiary/aromatic N) is 6. The van der Waals surface area contributed by atoms with E-state index in [0.717, 1.165) is 70.8 Å². The van der Waals surface area contributed by atoms with Gasteiger partial charge in [-0.1, -0.05) is 73.9 Å². The van der Waals surface area contributed by atoms with Crippen molar-refractivity contribution in [3.8, 4) is 63.1 Å². The highest BCUT2D eigenvalue weighted by molar-refractivity contribution is 5.69. The SMILES string of the molecule is COc1ccc(N=Nc2ccc(OCCCCCCCCCCOc3cc(-c4nnc(-c5ccc(C)cc5)o4)cc(-c4nnc(-c5ccc(C)cc5)o4)c3)cc2)cc1. The maximum Gasteiger partial charge on any atom is 0.248 e. The third-order valence-electron chi connectivity index (χ3n) is 9.61. The second-order valence-electron chi connectivity index (χ2n) is 14.2. The van der Waals surface area contributed by atoms with Gasteiger partial charge in [-0.25, -0.2) is 0 Å². The standard InChI is InChI=1S/C47H48N6O5/c1-33-12-16-35(17-13-33)44-50-52-46(57-44)37-30-38(47-53-51-45(58-47)36-18-14-34(2)15-19-36)32-43(31-37)56-29-11-9-7-5-4-6-8-10-28-55-42-26-22-40(23-27-42)49-48-39-20-24-41(54-3)25-21-39/h12-27,30-32H,4-11,28-29H2,1-3H3. The molecule has 0 bridgehead atoms. The second kappa shape index (κ2) is 20.0. The Balaban J connectivity index is 0.838. The summed E-state index contributed by atoms with van der Waals surface area (Å²) in [7, 11) is 1.64. The Morgan fingerprint density at radius 2 is 0.793 bits per heavy atom. The summed E-state index contributed by atoms with van der Waals surface area (Å²) in [5, 5.41) is 25.9. The van der Waals surface area contributed by atoms with Crippen LogP contribution in [0.2, 0.25) is 0 Å². The van der Waals surface area contributed by atoms with E-state index in [0.29, 0.717) is 53.7 Å². The van der Waals surface area contributed by atoms with Crippen LogP contribution in [0.1, 0.15) is 62.5 Å². The number of aromatic nitrogens is 4. The Bertz CT molecular complexity index is 2250. The van der Waals surface area contributed by atoms with Gasteiger partial charge in [0.1, 0.15) is 17.2 Å². The first kappa shape index (κ1) is 39.6. The molecule has 2 aromatic heterocycles. The number of hydrogen-bond donors (Lipinski definition) is 0. The molecule has 58 heavy (non-hydrogen) atoms. The van der Waals surface area contributed by atoms with Crippen molar-refractivity contribution in [1.29, 1.82) is 0 Å². The van der Waals surface area contributed by atoms with Crippen molar-refractivity contribution in [3.05, 3.63) is 126 Å². The fourth-order valence-electron chi connectivity index (χ4n) is 6.25. The molecule has 0 unspecified atom stereocenters. The molecule has 0 saturated carbocycles. The zero-order valence-corrected chi connectivity index (χ0v) is 33.3. The van der Waals surface area contributed by atoms with Gasteiger partial charge in [-0.2, -0.15) is 10.2 Å². The maximum absolute atomic E-state index is 6.28. The molecule has 0 radical (unpaired) electrons. The number of hydrogen-bond acceptors (Lipinski definition) is 11. The van der Waals surface area contributed by atoms with E-state index in [1.807, 2.05) is 129 Å². The fraction of sp³-hybridized carbons (Fsp3) is 0.277. The number of unbranched alkanes of at least 4 members (excludes halogenated alkanes) is 7. The third kappa shape index (κ3) is 11.2. The van der Waals surface area contributed by atoms with E-state index in [-0.39, 0.29) is 0 Å². The van der Waals surface area contributed by atoms with Crippen molar-refractivity contribution in [2.75, 3.05) is 20.3 Å². The number of ether oxygens (including phenoxy) is 3. The molecule has 0 spiro atoms. The minimum Gasteiger partial charge on any atom is -0.497 e. The zero-order chi connectivity index (χ0) is 39.9. The van der Waals surface area contributed by atoms with Gasteiger partial charge in [-0.3, -0.25) is 0 Å². The Kier molecular flexibility index (Phi) is 13.7. The van der Waals surface area contributed by atoms with E-state index in [1.54, 1.807) is 7.11 Å². The average molecular weight is 777 g/mol. The quantitative estimate of drug-likeness (QED) is 0.0548. The van der Waals surface area contributed by atoms with Gasteiger partial charge in [0.2, 0.25) is 23.6 Å². The van der Waals surface area contributed by atoms with Crippen LogP contribution in [0, 0.1) is 13.8 Å². The van der Waals surface area contributed by atoms with Crippen LogP contribution in [0.3, 0.4) is 0 Å². The molecule has 5 aromatic carbocycles. The van der Waals surface area contributed by atoms with E-state index in [1.165, 1.54) is 25.7 Å². The van der Waals surface area contributed by atoms with Crippen LogP contribution in [0.4, 0.5) is 11.4 Å². The van der Waals surface area contributed by atoms with Crippen LogP contribution >= 0.6 is 0 Å². The van der Waals surface area contributed by atoms with Crippen LogP contribution in [0.5, 0.6) is 17.2 Å². The van der Waals surface area contributed by atoms with Gasteiger partial charge < -0.3 is 23.0 Å². The van der Waals surface area contributed by atoms with E-state index >= 15 is 0 Å². The lowest BCUT2D eigenvalue weighted by molar-refractivity contribution is 0.301. The molecule has 0 aliphatic carbocycles. The Labute approximate surface area is 339 Å². The van der Waals surface area contributed by atoms with Gasteiger partial charge in [0.15, 0.2) is 0 Å². The van der Waals surface area contributed by atoms with E-state index in [2.05, 4.69) is 30.6 Å². The number of rotatable bonds is 20. The normalized spacial score (nSPS) is 11.3. The highest BCUT2D eigenvalue weighted by Crippen LogP contribution is 2.33. The van der Waals surface area contributed by atoms with Crippen molar-refractivity contribution in [2.45, 2.75) is 65.2 Å². The topological polar surface area (TPSA) is 130 Å². The molecule has 0 fully saturated rings. The molecule has 0 amide bonds. The van der Waals surface area contributed by atoms with Crippen molar-refractivity contribution >= 4 is 11.4 Å². The highest BCUT2D eigenvalue weighted by Gasteiger charge is 2.17. The Hall–Kier alpha value is -6.62. The molecule has 0 aliphatic heterocycles. The lowest BCUT2D eigenvalue weighted by atomic mass is 10.1. The molecule has 7 aromatic rings. The van der Waals surface area contributed by atoms with Gasteiger partial charge in [-0.15, -0.1) is 20.4 Å². The van der Waals surface area contributed by atoms with Crippen LogP contribution in [0.15, 0.2) is 134 Å². The van der Waals surface area contributed by atoms with Gasteiger partial charge in [0.05, 0.1) is 31.7 Å². The number of benzene rings is 5. The predicted octanol–water partition coefficient (Wildman–Crippen LogP) is 12.7. The van der Waals surface area contributed by atoms with Crippen LogP contribution in [0.25, 0.3) is 45.8 Å². The van der Waals surface area contributed by atoms with Crippen LogP contribution in [-0.4, -0.2) is 40.7 Å². The summed E-state index contributed by atoms with van der Waals surface area (Å²) in [5.41, 5.74) is 7.00. The smallest absolute Gasteiger partial charge is 0.248 e. The van der Waals surface area contributed by atoms with E-state index in [9.17, 15) is 0 Å². The summed E-state index contributed by atoms with van der Waals surface area (Å²) < 4.78 is 29.7. The van der Waals surface area contributed by atoms with Gasteiger partial charge in [0, 0.05) is 22.3 Å². The third-order valence-corrected chi connectivity index (χ3v) is 9.61. The number of aryl methyl sites for hydroxylation is 2. The molecular formula is C47H48N6O5. The van der Waals surface area contributed by atoms with Crippen LogP contribution in [-0.2, 0) is 0 Å². The minimum absolute atomic E-state index is 0.381. The molecule has 11 nitrogen and oxygen atoms in total. The number of azo groups is 1. The highest BCUT2D eigenvalue weighted by atomic mass is 16.5. The van der Waals surface area contributed by atoms with Gasteiger partial charge in [-0.05, 0) is 118 Å². The molecule has 7 rings (SSSR count). The summed E-state index contributed by atoms with van der Waals surface area (Å²) in [6.45, 7) is 5.38. The summed E-state index contributed by atoms with van der Waals surface area (Å²) in [6.07, 6.45) is 9.00.